The van der Waals surface area contributed by atoms with E-state index >= 15 is 0 Å². The van der Waals surface area contributed by atoms with Crippen LogP contribution in [0.5, 0.6) is 5.75 Å². The van der Waals surface area contributed by atoms with Crippen molar-refractivity contribution in [3.8, 4) is 5.75 Å². The first-order valence-electron chi connectivity index (χ1n) is 9.92. The Morgan fingerprint density at radius 1 is 1.04 bits per heavy atom. The van der Waals surface area contributed by atoms with E-state index in [9.17, 15) is 4.79 Å². The summed E-state index contributed by atoms with van der Waals surface area (Å²) >= 11 is 0. The molecule has 4 rings (SSSR count). The fourth-order valence-corrected chi connectivity index (χ4v) is 4.29. The number of nitrogens with one attached hydrogen (secondary N) is 1. The quantitative estimate of drug-likeness (QED) is 0.756. The highest BCUT2D eigenvalue weighted by Gasteiger charge is 2.35. The summed E-state index contributed by atoms with van der Waals surface area (Å²) in [6.07, 6.45) is 8.31. The highest BCUT2D eigenvalue weighted by atomic mass is 16.5. The molecular weight excluding hydrogens is 334 g/mol. The van der Waals surface area contributed by atoms with E-state index in [1.165, 1.54) is 37.7 Å². The summed E-state index contributed by atoms with van der Waals surface area (Å²) in [5, 5.41) is 3.81. The van der Waals surface area contributed by atoms with Gasteiger partial charge in [-0.05, 0) is 49.1 Å². The number of methoxy groups -OCH3 is 1. The Morgan fingerprint density at radius 2 is 1.78 bits per heavy atom. The Hall–Kier alpha value is -2.39. The van der Waals surface area contributed by atoms with Crippen molar-refractivity contribution < 1.29 is 9.53 Å². The van der Waals surface area contributed by atoms with E-state index < -0.39 is 0 Å². The summed E-state index contributed by atoms with van der Waals surface area (Å²) in [7, 11) is 1.66. The van der Waals surface area contributed by atoms with Crippen LogP contribution >= 0.6 is 0 Å². The molecule has 1 fully saturated rings. The molecule has 1 N–H and O–H groups in total. The number of ether oxygens (including phenoxy) is 1. The minimum Gasteiger partial charge on any atom is -0.497 e. The first kappa shape index (κ1) is 18.0. The maximum atomic E-state index is 13.2. The highest BCUT2D eigenvalue weighted by Crippen LogP contribution is 2.38. The SMILES string of the molecule is COc1ccc(/C=C2/C(=O)c3ccc(C)cc3C2NC2CCCCC2)cc1. The molecule has 0 aliphatic heterocycles. The van der Waals surface area contributed by atoms with Crippen LogP contribution in [0.2, 0.25) is 0 Å². The van der Waals surface area contributed by atoms with Crippen LogP contribution in [0, 0.1) is 6.92 Å². The van der Waals surface area contributed by atoms with Gasteiger partial charge in [-0.1, -0.05) is 55.2 Å². The van der Waals surface area contributed by atoms with E-state index in [0.717, 1.165) is 28.0 Å². The minimum atomic E-state index is -0.0161. The average Bonchev–Trinajstić information content (AvgIpc) is 2.94. The van der Waals surface area contributed by atoms with Crippen LogP contribution in [0.3, 0.4) is 0 Å². The zero-order chi connectivity index (χ0) is 18.8. The molecular formula is C24H27NO2. The topological polar surface area (TPSA) is 38.3 Å². The van der Waals surface area contributed by atoms with Crippen molar-refractivity contribution in [1.82, 2.24) is 5.32 Å². The van der Waals surface area contributed by atoms with Gasteiger partial charge in [-0.25, -0.2) is 0 Å². The van der Waals surface area contributed by atoms with Gasteiger partial charge in [-0.15, -0.1) is 0 Å². The molecule has 27 heavy (non-hydrogen) atoms. The number of hydrogen-bond acceptors (Lipinski definition) is 3. The smallest absolute Gasteiger partial charge is 0.191 e. The third-order valence-corrected chi connectivity index (χ3v) is 5.78. The summed E-state index contributed by atoms with van der Waals surface area (Å²) in [6, 6.07) is 14.5. The molecule has 1 atom stereocenters. The van der Waals surface area contributed by atoms with Gasteiger partial charge < -0.3 is 10.1 Å². The van der Waals surface area contributed by atoms with Crippen LogP contribution in [0.1, 0.15) is 65.2 Å². The number of aryl methyl sites for hydroxylation is 1. The number of hydrogen-bond donors (Lipinski definition) is 1. The maximum absolute atomic E-state index is 13.2. The molecule has 0 spiro atoms. The van der Waals surface area contributed by atoms with Gasteiger partial charge in [0.05, 0.1) is 13.2 Å². The molecule has 2 aliphatic rings. The van der Waals surface area contributed by atoms with E-state index in [1.54, 1.807) is 7.11 Å². The Labute approximate surface area is 161 Å². The van der Waals surface area contributed by atoms with Crippen LogP contribution in [0.15, 0.2) is 48.0 Å². The molecule has 0 radical (unpaired) electrons. The second kappa shape index (κ2) is 7.69. The maximum Gasteiger partial charge on any atom is 0.191 e. The van der Waals surface area contributed by atoms with E-state index in [-0.39, 0.29) is 11.8 Å². The predicted molar refractivity (Wildman–Crippen MR) is 109 cm³/mol. The van der Waals surface area contributed by atoms with Crippen molar-refractivity contribution >= 4 is 11.9 Å². The molecule has 0 amide bonds. The van der Waals surface area contributed by atoms with Gasteiger partial charge in [0.25, 0.3) is 0 Å². The molecule has 140 valence electrons. The van der Waals surface area contributed by atoms with E-state index in [0.29, 0.717) is 6.04 Å². The molecule has 3 heteroatoms. The summed E-state index contributed by atoms with van der Waals surface area (Å²) in [4.78, 5) is 13.2. The van der Waals surface area contributed by atoms with Crippen molar-refractivity contribution in [2.24, 2.45) is 0 Å². The number of rotatable bonds is 4. The number of carbonyl (C=O) groups is 1. The number of fused-ring (bicyclic) bond motifs is 1. The lowest BCUT2D eigenvalue weighted by molar-refractivity contribution is 0.103. The van der Waals surface area contributed by atoms with Gasteiger partial charge >= 0.3 is 0 Å². The average molecular weight is 361 g/mol. The third kappa shape index (κ3) is 3.70. The molecule has 2 aromatic rings. The number of benzene rings is 2. The minimum absolute atomic E-state index is 0.0161. The third-order valence-electron chi connectivity index (χ3n) is 5.78. The number of carbonyl (C=O) groups excluding carboxylic acids is 1. The molecule has 2 aromatic carbocycles. The lowest BCUT2D eigenvalue weighted by Crippen LogP contribution is -2.34. The van der Waals surface area contributed by atoms with Crippen LogP contribution in [-0.2, 0) is 0 Å². The van der Waals surface area contributed by atoms with Crippen molar-refractivity contribution in [3.05, 3.63) is 70.3 Å². The van der Waals surface area contributed by atoms with Crippen molar-refractivity contribution in [2.75, 3.05) is 7.11 Å². The molecule has 3 nitrogen and oxygen atoms in total. The van der Waals surface area contributed by atoms with Crippen LogP contribution < -0.4 is 10.1 Å². The summed E-state index contributed by atoms with van der Waals surface area (Å²) in [5.74, 6) is 0.972. The molecule has 0 saturated heterocycles. The van der Waals surface area contributed by atoms with Gasteiger partial charge in [0.15, 0.2) is 5.78 Å². The monoisotopic (exact) mass is 361 g/mol. The molecule has 2 aliphatic carbocycles. The summed E-state index contributed by atoms with van der Waals surface area (Å²) in [6.45, 7) is 2.09. The highest BCUT2D eigenvalue weighted by molar-refractivity contribution is 6.16. The zero-order valence-corrected chi connectivity index (χ0v) is 16.1. The fraction of sp³-hybridized carbons (Fsp3) is 0.375. The van der Waals surface area contributed by atoms with Crippen molar-refractivity contribution in [3.63, 3.8) is 0 Å². The molecule has 1 unspecified atom stereocenters. The van der Waals surface area contributed by atoms with Crippen LogP contribution in [0.25, 0.3) is 6.08 Å². The zero-order valence-electron chi connectivity index (χ0n) is 16.1. The molecule has 0 bridgehead atoms. The van der Waals surface area contributed by atoms with Gasteiger partial charge in [0.1, 0.15) is 5.75 Å². The van der Waals surface area contributed by atoms with Gasteiger partial charge in [0, 0.05) is 17.2 Å². The van der Waals surface area contributed by atoms with E-state index in [1.807, 2.05) is 42.5 Å². The summed E-state index contributed by atoms with van der Waals surface area (Å²) < 4.78 is 5.25. The summed E-state index contributed by atoms with van der Waals surface area (Å²) in [5.41, 5.74) is 5.05. The first-order chi connectivity index (χ1) is 13.2. The number of Topliss-reactive ketones (excluding diaryl/α,β-unsaturated/α-hetero) is 1. The Morgan fingerprint density at radius 3 is 2.48 bits per heavy atom. The predicted octanol–water partition coefficient (Wildman–Crippen LogP) is 5.25. The molecule has 0 aromatic heterocycles. The Balaban J connectivity index is 1.70. The normalized spacial score (nSPS) is 21.5. The van der Waals surface area contributed by atoms with Gasteiger partial charge in [-0.3, -0.25) is 4.79 Å². The van der Waals surface area contributed by atoms with Crippen molar-refractivity contribution in [1.29, 1.82) is 0 Å². The van der Waals surface area contributed by atoms with Gasteiger partial charge in [0.2, 0.25) is 0 Å². The largest absolute Gasteiger partial charge is 0.497 e. The standard InChI is InChI=1S/C24H27NO2/c1-16-8-13-20-21(14-16)23(25-18-6-4-3-5-7-18)22(24(20)26)15-17-9-11-19(27-2)12-10-17/h8-15,18,23,25H,3-7H2,1-2H3/b22-15+. The second-order valence-electron chi connectivity index (χ2n) is 7.73. The lowest BCUT2D eigenvalue weighted by atomic mass is 9.93. The molecule has 1 saturated carbocycles. The molecule has 0 heterocycles. The van der Waals surface area contributed by atoms with Crippen LogP contribution in [-0.4, -0.2) is 18.9 Å². The van der Waals surface area contributed by atoms with Gasteiger partial charge in [-0.2, -0.15) is 0 Å². The first-order valence-corrected chi connectivity index (χ1v) is 9.92. The number of ketones is 1. The van der Waals surface area contributed by atoms with Crippen molar-refractivity contribution in [2.45, 2.75) is 51.1 Å². The Kier molecular flexibility index (Phi) is 5.13. The lowest BCUT2D eigenvalue weighted by Gasteiger charge is -2.27. The fourth-order valence-electron chi connectivity index (χ4n) is 4.29. The Bertz CT molecular complexity index is 860. The van der Waals surface area contributed by atoms with Crippen LogP contribution in [0.4, 0.5) is 0 Å². The van der Waals surface area contributed by atoms with E-state index in [4.69, 9.17) is 4.74 Å². The van der Waals surface area contributed by atoms with E-state index in [2.05, 4.69) is 18.3 Å². The second-order valence-corrected chi connectivity index (χ2v) is 7.73.